The van der Waals surface area contributed by atoms with Crippen molar-refractivity contribution >= 4 is 5.91 Å². The van der Waals surface area contributed by atoms with Crippen molar-refractivity contribution in [2.75, 3.05) is 13.1 Å². The third-order valence-corrected chi connectivity index (χ3v) is 5.83. The molecule has 0 aromatic carbocycles. The van der Waals surface area contributed by atoms with Gasteiger partial charge in [0.25, 0.3) is 0 Å². The molecule has 19 heavy (non-hydrogen) atoms. The van der Waals surface area contributed by atoms with Crippen LogP contribution in [0.3, 0.4) is 0 Å². The number of likely N-dealkylation sites (tertiary alicyclic amines) is 1. The zero-order valence-electron chi connectivity index (χ0n) is 11.5. The molecule has 2 bridgehead atoms. The van der Waals surface area contributed by atoms with E-state index >= 15 is 0 Å². The summed E-state index contributed by atoms with van der Waals surface area (Å²) in [6.07, 6.45) is 7.46. The van der Waals surface area contributed by atoms with Crippen molar-refractivity contribution in [3.8, 4) is 0 Å². The molecule has 4 aliphatic rings. The minimum absolute atomic E-state index is 0.196. The second-order valence-corrected chi connectivity index (χ2v) is 6.98. The zero-order valence-corrected chi connectivity index (χ0v) is 11.5. The molecule has 4 fully saturated rings. The van der Waals surface area contributed by atoms with E-state index in [1.165, 1.54) is 12.8 Å². The van der Waals surface area contributed by atoms with E-state index < -0.39 is 0 Å². The van der Waals surface area contributed by atoms with E-state index in [4.69, 9.17) is 10.5 Å². The first kappa shape index (κ1) is 12.2. The second kappa shape index (κ2) is 4.45. The Balaban J connectivity index is 1.42. The lowest BCUT2D eigenvalue weighted by Gasteiger charge is -2.30. The molecule has 1 saturated carbocycles. The lowest BCUT2D eigenvalue weighted by atomic mass is 9.82. The Morgan fingerprint density at radius 1 is 1.05 bits per heavy atom. The normalized spacial score (nSPS) is 48.6. The average Bonchev–Trinajstić information content (AvgIpc) is 3.10. The summed E-state index contributed by atoms with van der Waals surface area (Å²) in [6.45, 7) is 1.88. The van der Waals surface area contributed by atoms with Crippen molar-refractivity contribution in [2.45, 2.75) is 56.8 Å². The highest BCUT2D eigenvalue weighted by Gasteiger charge is 2.54. The number of nitrogens with zero attached hydrogens (tertiary/aromatic N) is 1. The van der Waals surface area contributed by atoms with Crippen molar-refractivity contribution in [2.24, 2.45) is 23.5 Å². The first-order valence-electron chi connectivity index (χ1n) is 7.92. The number of carbonyl (C=O) groups is 1. The monoisotopic (exact) mass is 264 g/mol. The molecular formula is C15H24N2O2. The molecule has 0 radical (unpaired) electrons. The van der Waals surface area contributed by atoms with Crippen LogP contribution in [0.5, 0.6) is 0 Å². The summed E-state index contributed by atoms with van der Waals surface area (Å²) >= 11 is 0. The summed E-state index contributed by atoms with van der Waals surface area (Å²) in [5.74, 6) is 1.82. The number of fused-ring (bicyclic) bond motifs is 5. The summed E-state index contributed by atoms with van der Waals surface area (Å²) < 4.78 is 5.97. The standard InChI is InChI=1S/C15H24N2O2/c16-10-3-1-2-9(6-10)15(18)17-7-11-12(8-17)14-5-4-13(11)19-14/h9-14H,1-8,16H2. The average molecular weight is 264 g/mol. The van der Waals surface area contributed by atoms with Gasteiger partial charge in [-0.15, -0.1) is 0 Å². The van der Waals surface area contributed by atoms with Crippen molar-refractivity contribution in [3.05, 3.63) is 0 Å². The smallest absolute Gasteiger partial charge is 0.225 e. The van der Waals surface area contributed by atoms with Crippen LogP contribution < -0.4 is 5.73 Å². The predicted octanol–water partition coefficient (Wildman–Crippen LogP) is 1.14. The number of hydrogen-bond donors (Lipinski definition) is 1. The number of nitrogens with two attached hydrogens (primary N) is 1. The number of amides is 1. The Morgan fingerprint density at radius 2 is 1.74 bits per heavy atom. The van der Waals surface area contributed by atoms with Crippen molar-refractivity contribution in [1.82, 2.24) is 4.90 Å². The summed E-state index contributed by atoms with van der Waals surface area (Å²) in [5.41, 5.74) is 6.02. The molecule has 3 heterocycles. The fraction of sp³-hybridized carbons (Fsp3) is 0.933. The highest BCUT2D eigenvalue weighted by Crippen LogP contribution is 2.47. The van der Waals surface area contributed by atoms with Gasteiger partial charge in [-0.3, -0.25) is 4.79 Å². The van der Waals surface area contributed by atoms with Crippen LogP contribution >= 0.6 is 0 Å². The second-order valence-electron chi connectivity index (χ2n) is 6.98. The van der Waals surface area contributed by atoms with Gasteiger partial charge < -0.3 is 15.4 Å². The van der Waals surface area contributed by atoms with Gasteiger partial charge in [-0.05, 0) is 32.1 Å². The number of ether oxygens (including phenoxy) is 1. The molecule has 1 aliphatic carbocycles. The van der Waals surface area contributed by atoms with Gasteiger partial charge in [0.2, 0.25) is 5.91 Å². The first-order valence-corrected chi connectivity index (χ1v) is 7.92. The van der Waals surface area contributed by atoms with Crippen molar-refractivity contribution in [1.29, 1.82) is 0 Å². The fourth-order valence-electron chi connectivity index (χ4n) is 4.85. The quantitative estimate of drug-likeness (QED) is 0.772. The van der Waals surface area contributed by atoms with Crippen LogP contribution in [0, 0.1) is 17.8 Å². The van der Waals surface area contributed by atoms with Gasteiger partial charge in [-0.2, -0.15) is 0 Å². The van der Waals surface area contributed by atoms with E-state index in [2.05, 4.69) is 4.90 Å². The highest BCUT2D eigenvalue weighted by atomic mass is 16.5. The Bertz CT molecular complexity index is 368. The molecule has 4 rings (SSSR count). The lowest BCUT2D eigenvalue weighted by Crippen LogP contribution is -2.40. The van der Waals surface area contributed by atoms with Gasteiger partial charge >= 0.3 is 0 Å². The molecule has 106 valence electrons. The maximum atomic E-state index is 12.6. The third kappa shape index (κ3) is 1.91. The minimum Gasteiger partial charge on any atom is -0.374 e. The van der Waals surface area contributed by atoms with Crippen LogP contribution in [-0.4, -0.2) is 42.1 Å². The van der Waals surface area contributed by atoms with Crippen LogP contribution in [-0.2, 0) is 9.53 Å². The third-order valence-electron chi connectivity index (χ3n) is 5.83. The van der Waals surface area contributed by atoms with Gasteiger partial charge in [0.05, 0.1) is 12.2 Å². The van der Waals surface area contributed by atoms with Gasteiger partial charge in [0, 0.05) is 36.9 Å². The molecule has 4 nitrogen and oxygen atoms in total. The Kier molecular flexibility index (Phi) is 2.85. The van der Waals surface area contributed by atoms with Crippen LogP contribution in [0.15, 0.2) is 0 Å². The number of carbonyl (C=O) groups excluding carboxylic acids is 1. The molecule has 6 unspecified atom stereocenters. The molecular weight excluding hydrogens is 240 g/mol. The fourth-order valence-corrected chi connectivity index (χ4v) is 4.85. The maximum Gasteiger partial charge on any atom is 0.225 e. The Labute approximate surface area is 114 Å². The predicted molar refractivity (Wildman–Crippen MR) is 71.4 cm³/mol. The van der Waals surface area contributed by atoms with E-state index in [0.29, 0.717) is 30.0 Å². The van der Waals surface area contributed by atoms with E-state index in [1.807, 2.05) is 0 Å². The highest BCUT2D eigenvalue weighted by molar-refractivity contribution is 5.79. The van der Waals surface area contributed by atoms with Crippen molar-refractivity contribution in [3.63, 3.8) is 0 Å². The summed E-state index contributed by atoms with van der Waals surface area (Å²) in [7, 11) is 0. The summed E-state index contributed by atoms with van der Waals surface area (Å²) in [5, 5.41) is 0. The first-order chi connectivity index (χ1) is 9.22. The van der Waals surface area contributed by atoms with Gasteiger partial charge in [0.1, 0.15) is 0 Å². The summed E-state index contributed by atoms with van der Waals surface area (Å²) in [4.78, 5) is 14.8. The van der Waals surface area contributed by atoms with Crippen LogP contribution in [0.2, 0.25) is 0 Å². The molecule has 0 aromatic rings. The SMILES string of the molecule is NC1CCCC(C(=O)N2CC3C4CCC(O4)C3C2)C1. The van der Waals surface area contributed by atoms with Gasteiger partial charge in [-0.25, -0.2) is 0 Å². The number of rotatable bonds is 1. The van der Waals surface area contributed by atoms with Gasteiger partial charge in [0.15, 0.2) is 0 Å². The van der Waals surface area contributed by atoms with Crippen LogP contribution in [0.4, 0.5) is 0 Å². The topological polar surface area (TPSA) is 55.6 Å². The van der Waals surface area contributed by atoms with E-state index in [1.54, 1.807) is 0 Å². The number of hydrogen-bond acceptors (Lipinski definition) is 3. The van der Waals surface area contributed by atoms with E-state index in [9.17, 15) is 4.79 Å². The lowest BCUT2D eigenvalue weighted by molar-refractivity contribution is -0.136. The minimum atomic E-state index is 0.196. The molecule has 0 spiro atoms. The van der Waals surface area contributed by atoms with Crippen LogP contribution in [0.1, 0.15) is 38.5 Å². The Hall–Kier alpha value is -0.610. The Morgan fingerprint density at radius 3 is 2.37 bits per heavy atom. The van der Waals surface area contributed by atoms with E-state index in [-0.39, 0.29) is 12.0 Å². The van der Waals surface area contributed by atoms with Crippen molar-refractivity contribution < 1.29 is 9.53 Å². The van der Waals surface area contributed by atoms with E-state index in [0.717, 1.165) is 38.8 Å². The molecule has 1 amide bonds. The molecule has 0 aromatic heterocycles. The molecule has 3 saturated heterocycles. The van der Waals surface area contributed by atoms with Gasteiger partial charge in [-0.1, -0.05) is 6.42 Å². The van der Waals surface area contributed by atoms with Crippen LogP contribution in [0.25, 0.3) is 0 Å². The molecule has 2 N–H and O–H groups in total. The maximum absolute atomic E-state index is 12.6. The molecule has 4 heteroatoms. The summed E-state index contributed by atoms with van der Waals surface area (Å²) in [6, 6.07) is 0.240. The zero-order chi connectivity index (χ0) is 13.0. The molecule has 6 atom stereocenters. The molecule has 3 aliphatic heterocycles. The largest absolute Gasteiger partial charge is 0.374 e.